The molecule has 2 aliphatic heterocycles. The number of hydrogen-bond acceptors (Lipinski definition) is 4. The molecule has 1 unspecified atom stereocenters. The monoisotopic (exact) mass is 367 g/mol. The number of nitrogens with zero attached hydrogens (tertiary/aromatic N) is 4. The molecule has 27 heavy (non-hydrogen) atoms. The lowest BCUT2D eigenvalue weighted by atomic mass is 9.96. The fourth-order valence-electron chi connectivity index (χ4n) is 4.32. The number of rotatable bonds is 5. The van der Waals surface area contributed by atoms with E-state index in [1.54, 1.807) is 0 Å². The predicted octanol–water partition coefficient (Wildman–Crippen LogP) is 2.04. The number of carbonyl (C=O) groups excluding carboxylic acids is 1. The van der Waals surface area contributed by atoms with Gasteiger partial charge in [-0.15, -0.1) is 0 Å². The van der Waals surface area contributed by atoms with Crippen LogP contribution in [-0.2, 0) is 30.7 Å². The molecule has 0 spiro atoms. The second-order valence-corrected chi connectivity index (χ2v) is 7.99. The third-order valence-corrected chi connectivity index (χ3v) is 5.84. The Balaban J connectivity index is 1.33. The van der Waals surface area contributed by atoms with Crippen molar-refractivity contribution in [2.24, 2.45) is 11.8 Å². The van der Waals surface area contributed by atoms with Gasteiger partial charge in [-0.05, 0) is 17.9 Å². The largest absolute Gasteiger partial charge is 0.351 e. The minimum atomic E-state index is 0.0667. The number of fused-ring (bicyclic) bond motifs is 1. The smallest absolute Gasteiger partial charge is 0.225 e. The second-order valence-electron chi connectivity index (χ2n) is 7.99. The summed E-state index contributed by atoms with van der Waals surface area (Å²) in [5, 5.41) is 7.83. The lowest BCUT2D eigenvalue weighted by Gasteiger charge is -2.25. The number of hydrogen-bond donors (Lipinski definition) is 1. The van der Waals surface area contributed by atoms with Crippen molar-refractivity contribution >= 4 is 5.91 Å². The van der Waals surface area contributed by atoms with Gasteiger partial charge in [-0.25, -0.2) is 9.67 Å². The molecule has 1 N–H and O–H groups in total. The highest BCUT2D eigenvalue weighted by Crippen LogP contribution is 2.25. The molecule has 1 aromatic carbocycles. The Kier molecular flexibility index (Phi) is 5.25. The maximum absolute atomic E-state index is 12.9. The number of benzene rings is 1. The first kappa shape index (κ1) is 18.2. The van der Waals surface area contributed by atoms with Crippen molar-refractivity contribution in [1.29, 1.82) is 0 Å². The second kappa shape index (κ2) is 7.80. The zero-order chi connectivity index (χ0) is 18.8. The molecule has 1 aromatic heterocycles. The molecule has 0 aliphatic carbocycles. The van der Waals surface area contributed by atoms with Crippen molar-refractivity contribution in [1.82, 2.24) is 25.0 Å². The predicted molar refractivity (Wildman–Crippen MR) is 104 cm³/mol. The van der Waals surface area contributed by atoms with Gasteiger partial charge in [0, 0.05) is 38.5 Å². The summed E-state index contributed by atoms with van der Waals surface area (Å²) in [6, 6.07) is 10.7. The molecule has 6 heteroatoms. The van der Waals surface area contributed by atoms with Gasteiger partial charge in [0.25, 0.3) is 0 Å². The molecule has 3 atom stereocenters. The molecular formula is C21H29N5O. The van der Waals surface area contributed by atoms with Crippen LogP contribution in [0.5, 0.6) is 0 Å². The molecule has 2 aromatic rings. The van der Waals surface area contributed by atoms with Crippen molar-refractivity contribution in [2.75, 3.05) is 13.1 Å². The van der Waals surface area contributed by atoms with E-state index in [9.17, 15) is 4.79 Å². The summed E-state index contributed by atoms with van der Waals surface area (Å²) >= 11 is 0. The Labute approximate surface area is 161 Å². The Hall–Kier alpha value is -2.21. The number of amides is 1. The molecule has 0 radical (unpaired) electrons. The molecular weight excluding hydrogens is 338 g/mol. The average molecular weight is 367 g/mol. The third kappa shape index (κ3) is 4.05. The summed E-state index contributed by atoms with van der Waals surface area (Å²) in [4.78, 5) is 19.9. The molecule has 2 aliphatic rings. The van der Waals surface area contributed by atoms with Crippen molar-refractivity contribution < 1.29 is 4.79 Å². The van der Waals surface area contributed by atoms with Crippen molar-refractivity contribution in [3.63, 3.8) is 0 Å². The van der Waals surface area contributed by atoms with Gasteiger partial charge in [0.2, 0.25) is 5.91 Å². The normalized spacial score (nSPS) is 25.3. The summed E-state index contributed by atoms with van der Waals surface area (Å²) in [7, 11) is 0. The standard InChI is InChI=1S/C21H29N5O/c1-3-19-23-20-10-9-17(13-26(20)24-19)22-21(27)18-14-25(11-15(18)2)12-16-7-5-4-6-8-16/h4-8,15,17-18H,3,9-14H2,1-2H3,(H,22,27)/t15-,17?,18-/m1/s1. The average Bonchev–Trinajstić information content (AvgIpc) is 3.25. The van der Waals surface area contributed by atoms with Crippen LogP contribution < -0.4 is 5.32 Å². The van der Waals surface area contributed by atoms with Crippen molar-refractivity contribution in [3.8, 4) is 0 Å². The van der Waals surface area contributed by atoms with E-state index in [0.29, 0.717) is 5.92 Å². The van der Waals surface area contributed by atoms with Crippen LogP contribution in [0.4, 0.5) is 0 Å². The highest BCUT2D eigenvalue weighted by Gasteiger charge is 2.36. The van der Waals surface area contributed by atoms with E-state index in [1.165, 1.54) is 5.56 Å². The Morgan fingerprint density at radius 2 is 2.04 bits per heavy atom. The van der Waals surface area contributed by atoms with Gasteiger partial charge < -0.3 is 5.32 Å². The summed E-state index contributed by atoms with van der Waals surface area (Å²) in [6.07, 6.45) is 2.69. The first-order valence-corrected chi connectivity index (χ1v) is 10.1. The van der Waals surface area contributed by atoms with Crippen LogP contribution in [0.15, 0.2) is 30.3 Å². The summed E-state index contributed by atoms with van der Waals surface area (Å²) < 4.78 is 1.98. The molecule has 3 heterocycles. The molecule has 144 valence electrons. The first-order valence-electron chi connectivity index (χ1n) is 10.1. The quantitative estimate of drug-likeness (QED) is 0.878. The maximum Gasteiger partial charge on any atom is 0.225 e. The SMILES string of the molecule is CCc1nc2n(n1)CC(NC(=O)[C@@H]1CN(Cc3ccccc3)C[C@H]1C)CC2. The molecule has 0 saturated carbocycles. The lowest BCUT2D eigenvalue weighted by molar-refractivity contribution is -0.126. The number of likely N-dealkylation sites (tertiary alicyclic amines) is 1. The van der Waals surface area contributed by atoms with Crippen molar-refractivity contribution in [3.05, 3.63) is 47.5 Å². The van der Waals surface area contributed by atoms with Crippen LogP contribution in [0.2, 0.25) is 0 Å². The fourth-order valence-corrected chi connectivity index (χ4v) is 4.32. The minimum Gasteiger partial charge on any atom is -0.351 e. The van der Waals surface area contributed by atoms with Crippen LogP contribution in [-0.4, -0.2) is 44.7 Å². The van der Waals surface area contributed by atoms with Gasteiger partial charge >= 0.3 is 0 Å². The number of nitrogens with one attached hydrogen (secondary N) is 1. The van der Waals surface area contributed by atoms with E-state index in [1.807, 2.05) is 10.7 Å². The molecule has 6 nitrogen and oxygen atoms in total. The fraction of sp³-hybridized carbons (Fsp3) is 0.571. The van der Waals surface area contributed by atoms with E-state index in [2.05, 4.69) is 58.4 Å². The van der Waals surface area contributed by atoms with Gasteiger partial charge in [-0.1, -0.05) is 44.2 Å². The first-order chi connectivity index (χ1) is 13.1. The summed E-state index contributed by atoms with van der Waals surface area (Å²) in [6.45, 7) is 7.74. The Morgan fingerprint density at radius 1 is 1.22 bits per heavy atom. The molecule has 0 bridgehead atoms. The van der Waals surface area contributed by atoms with Gasteiger partial charge in [0.1, 0.15) is 5.82 Å². The highest BCUT2D eigenvalue weighted by atomic mass is 16.2. The van der Waals surface area contributed by atoms with E-state index < -0.39 is 0 Å². The number of carbonyl (C=O) groups is 1. The van der Waals surface area contributed by atoms with Crippen LogP contribution >= 0.6 is 0 Å². The number of aromatic nitrogens is 3. The molecule has 1 saturated heterocycles. The van der Waals surface area contributed by atoms with E-state index in [0.717, 1.165) is 57.1 Å². The molecule has 4 rings (SSSR count). The number of aryl methyl sites for hydroxylation is 2. The Bertz CT molecular complexity index is 787. The van der Waals surface area contributed by atoms with Crippen LogP contribution in [0.1, 0.15) is 37.5 Å². The van der Waals surface area contributed by atoms with Crippen LogP contribution in [0, 0.1) is 11.8 Å². The van der Waals surface area contributed by atoms with E-state index in [4.69, 9.17) is 0 Å². The maximum atomic E-state index is 12.9. The van der Waals surface area contributed by atoms with Gasteiger partial charge in [0.05, 0.1) is 12.5 Å². The van der Waals surface area contributed by atoms with Crippen LogP contribution in [0.25, 0.3) is 0 Å². The third-order valence-electron chi connectivity index (χ3n) is 5.84. The topological polar surface area (TPSA) is 63.1 Å². The highest BCUT2D eigenvalue weighted by molar-refractivity contribution is 5.79. The van der Waals surface area contributed by atoms with Crippen LogP contribution in [0.3, 0.4) is 0 Å². The Morgan fingerprint density at radius 3 is 2.81 bits per heavy atom. The van der Waals surface area contributed by atoms with E-state index in [-0.39, 0.29) is 17.9 Å². The zero-order valence-electron chi connectivity index (χ0n) is 16.3. The van der Waals surface area contributed by atoms with Gasteiger partial charge in [-0.3, -0.25) is 9.69 Å². The summed E-state index contributed by atoms with van der Waals surface area (Å²) in [5.74, 6) is 2.60. The van der Waals surface area contributed by atoms with E-state index >= 15 is 0 Å². The summed E-state index contributed by atoms with van der Waals surface area (Å²) in [5.41, 5.74) is 1.31. The van der Waals surface area contributed by atoms with Crippen molar-refractivity contribution in [2.45, 2.75) is 52.2 Å². The zero-order valence-corrected chi connectivity index (χ0v) is 16.3. The van der Waals surface area contributed by atoms with Gasteiger partial charge in [-0.2, -0.15) is 5.10 Å². The molecule has 1 amide bonds. The van der Waals surface area contributed by atoms with Gasteiger partial charge in [0.15, 0.2) is 5.82 Å². The lowest BCUT2D eigenvalue weighted by Crippen LogP contribution is -2.45. The molecule has 1 fully saturated rings. The minimum absolute atomic E-state index is 0.0667.